The third-order valence-electron chi connectivity index (χ3n) is 11.5. The van der Waals surface area contributed by atoms with Crippen LogP contribution in [0.4, 0.5) is 4.79 Å². The highest BCUT2D eigenvalue weighted by molar-refractivity contribution is 5.76. The van der Waals surface area contributed by atoms with Gasteiger partial charge in [0.05, 0.1) is 0 Å². The third-order valence-corrected chi connectivity index (χ3v) is 11.5. The lowest BCUT2D eigenvalue weighted by molar-refractivity contribution is -0.0190. The van der Waals surface area contributed by atoms with Crippen molar-refractivity contribution in [1.29, 1.82) is 0 Å². The van der Waals surface area contributed by atoms with Gasteiger partial charge in [0.25, 0.3) is 0 Å². The van der Waals surface area contributed by atoms with Gasteiger partial charge in [0, 0.05) is 30.1 Å². The Morgan fingerprint density at radius 3 is 2.74 bits per heavy atom. The number of hydrogen-bond acceptors (Lipinski definition) is 3. The predicted octanol–water partition coefficient (Wildman–Crippen LogP) is 5.11. The number of likely N-dealkylation sites (tertiary alicyclic amines) is 1. The van der Waals surface area contributed by atoms with Crippen LogP contribution in [0.25, 0.3) is 0 Å². The van der Waals surface area contributed by atoms with Gasteiger partial charge >= 0.3 is 6.03 Å². The predicted molar refractivity (Wildman–Crippen MR) is 137 cm³/mol. The number of phenolic OH excluding ortho intramolecular Hbond substituents is 1. The molecule has 2 amide bonds. The fraction of sp³-hybridized carbons (Fsp3) is 0.767. The Morgan fingerprint density at radius 2 is 1.97 bits per heavy atom. The van der Waals surface area contributed by atoms with Crippen LogP contribution < -0.4 is 10.6 Å². The second-order valence-electron chi connectivity index (χ2n) is 13.0. The number of carbonyl (C=O) groups excluding carboxylic acids is 1. The van der Waals surface area contributed by atoms with Gasteiger partial charge in [-0.2, -0.15) is 0 Å². The molecule has 1 aromatic carbocycles. The summed E-state index contributed by atoms with van der Waals surface area (Å²) in [5.41, 5.74) is 3.14. The van der Waals surface area contributed by atoms with Gasteiger partial charge in [-0.3, -0.25) is 0 Å². The summed E-state index contributed by atoms with van der Waals surface area (Å²) in [5, 5.41) is 18.2. The molecule has 1 aromatic rings. The molecule has 1 saturated heterocycles. The highest BCUT2D eigenvalue weighted by Crippen LogP contribution is 2.73. The molecule has 5 fully saturated rings. The second-order valence-corrected chi connectivity index (χ2v) is 13.0. The number of amides is 2. The van der Waals surface area contributed by atoms with Crippen LogP contribution in [0.5, 0.6) is 5.75 Å². The van der Waals surface area contributed by atoms with Crippen LogP contribution in [0.2, 0.25) is 0 Å². The van der Waals surface area contributed by atoms with E-state index in [-0.39, 0.29) is 16.9 Å². The SMILES string of the molecule is CCC12c3cc(O)ccc3CC(NCC3CC3)C13CCC1C2[C@@H](CN1C(=O)NC1CCCCC1)C3. The van der Waals surface area contributed by atoms with Gasteiger partial charge in [-0.05, 0) is 111 Å². The molecule has 6 aliphatic rings. The zero-order valence-corrected chi connectivity index (χ0v) is 21.4. The molecule has 5 nitrogen and oxygen atoms in total. The molecule has 4 saturated carbocycles. The largest absolute Gasteiger partial charge is 0.508 e. The van der Waals surface area contributed by atoms with Crippen LogP contribution in [-0.2, 0) is 11.8 Å². The van der Waals surface area contributed by atoms with Gasteiger partial charge in [-0.15, -0.1) is 0 Å². The normalized spacial score (nSPS) is 39.9. The number of nitrogens with zero attached hydrogens (tertiary/aromatic N) is 1. The Kier molecular flexibility index (Phi) is 5.21. The first-order valence-electron chi connectivity index (χ1n) is 14.7. The van der Waals surface area contributed by atoms with Crippen molar-refractivity contribution in [2.45, 2.75) is 108 Å². The lowest BCUT2D eigenvalue weighted by atomic mass is 9.45. The number of benzene rings is 1. The minimum atomic E-state index is 0.0496. The number of rotatable bonds is 5. The van der Waals surface area contributed by atoms with E-state index >= 15 is 0 Å². The molecule has 3 N–H and O–H groups in total. The smallest absolute Gasteiger partial charge is 0.317 e. The molecule has 190 valence electrons. The first-order chi connectivity index (χ1) is 17.1. The number of carbonyl (C=O) groups is 1. The summed E-state index contributed by atoms with van der Waals surface area (Å²) in [6.07, 6.45) is 14.6. The molecule has 7 rings (SSSR count). The number of phenols is 1. The van der Waals surface area contributed by atoms with Crippen molar-refractivity contribution < 1.29 is 9.90 Å². The van der Waals surface area contributed by atoms with E-state index in [4.69, 9.17) is 0 Å². The molecule has 5 heteroatoms. The minimum absolute atomic E-state index is 0.0496. The summed E-state index contributed by atoms with van der Waals surface area (Å²) in [4.78, 5) is 15.9. The molecule has 6 atom stereocenters. The van der Waals surface area contributed by atoms with E-state index < -0.39 is 0 Å². The summed E-state index contributed by atoms with van der Waals surface area (Å²) in [6.45, 7) is 4.47. The number of aromatic hydroxyl groups is 1. The average molecular weight is 478 g/mol. The molecule has 2 bridgehead atoms. The summed E-state index contributed by atoms with van der Waals surface area (Å²) in [6, 6.07) is 7.60. The highest BCUT2D eigenvalue weighted by atomic mass is 16.3. The van der Waals surface area contributed by atoms with Crippen LogP contribution in [0, 0.1) is 23.2 Å². The van der Waals surface area contributed by atoms with E-state index in [1.165, 1.54) is 56.1 Å². The van der Waals surface area contributed by atoms with E-state index in [0.29, 0.717) is 35.7 Å². The van der Waals surface area contributed by atoms with E-state index in [1.54, 1.807) is 0 Å². The lowest BCUT2D eigenvalue weighted by Gasteiger charge is -2.61. The van der Waals surface area contributed by atoms with Crippen molar-refractivity contribution in [2.75, 3.05) is 13.1 Å². The van der Waals surface area contributed by atoms with Crippen molar-refractivity contribution in [2.24, 2.45) is 23.2 Å². The van der Waals surface area contributed by atoms with Gasteiger partial charge in [0.1, 0.15) is 5.75 Å². The molecule has 1 heterocycles. The Labute approximate surface area is 210 Å². The molecule has 0 aromatic heterocycles. The van der Waals surface area contributed by atoms with Crippen LogP contribution in [0.3, 0.4) is 0 Å². The topological polar surface area (TPSA) is 64.6 Å². The fourth-order valence-electron chi connectivity index (χ4n) is 10.0. The van der Waals surface area contributed by atoms with Crippen LogP contribution in [0.15, 0.2) is 18.2 Å². The van der Waals surface area contributed by atoms with Gasteiger partial charge in [0.15, 0.2) is 0 Å². The highest BCUT2D eigenvalue weighted by Gasteiger charge is 2.74. The average Bonchev–Trinajstić information content (AvgIpc) is 3.58. The maximum Gasteiger partial charge on any atom is 0.317 e. The summed E-state index contributed by atoms with van der Waals surface area (Å²) >= 11 is 0. The zero-order valence-electron chi connectivity index (χ0n) is 21.4. The summed E-state index contributed by atoms with van der Waals surface area (Å²) in [5.74, 6) is 2.35. The fourth-order valence-corrected chi connectivity index (χ4v) is 10.0. The van der Waals surface area contributed by atoms with E-state index in [2.05, 4.69) is 34.6 Å². The second kappa shape index (κ2) is 8.13. The van der Waals surface area contributed by atoms with Crippen LogP contribution >= 0.6 is 0 Å². The zero-order chi connectivity index (χ0) is 23.8. The molecule has 35 heavy (non-hydrogen) atoms. The maximum atomic E-state index is 13.6. The molecular weight excluding hydrogens is 434 g/mol. The molecule has 5 unspecified atom stereocenters. The molecule has 0 radical (unpaired) electrons. The lowest BCUT2D eigenvalue weighted by Crippen LogP contribution is -2.65. The van der Waals surface area contributed by atoms with Gasteiger partial charge in [-0.1, -0.05) is 32.3 Å². The number of hydrogen-bond donors (Lipinski definition) is 3. The minimum Gasteiger partial charge on any atom is -0.508 e. The molecular formula is C30H43N3O2. The Hall–Kier alpha value is -1.75. The van der Waals surface area contributed by atoms with Crippen molar-refractivity contribution in [1.82, 2.24) is 15.5 Å². The third kappa shape index (κ3) is 3.19. The van der Waals surface area contributed by atoms with Crippen LogP contribution in [-0.4, -0.2) is 47.3 Å². The molecule has 0 spiro atoms. The summed E-state index contributed by atoms with van der Waals surface area (Å²) in [7, 11) is 0. The summed E-state index contributed by atoms with van der Waals surface area (Å²) < 4.78 is 0. The van der Waals surface area contributed by atoms with Crippen LogP contribution in [0.1, 0.15) is 88.7 Å². The Morgan fingerprint density at radius 1 is 1.14 bits per heavy atom. The first kappa shape index (κ1) is 22.4. The number of urea groups is 1. The van der Waals surface area contributed by atoms with Gasteiger partial charge < -0.3 is 20.6 Å². The Balaban J connectivity index is 1.25. The van der Waals surface area contributed by atoms with Crippen molar-refractivity contribution in [3.05, 3.63) is 29.3 Å². The van der Waals surface area contributed by atoms with Crippen molar-refractivity contribution >= 4 is 6.03 Å². The standard InChI is InChI=1S/C30H43N3O2/c1-2-30-24-15-23(34)11-10-20(24)14-26(31-17-19-8-9-19)29(30)13-12-25-27(30)21(16-29)18-33(25)28(35)32-22-6-4-3-5-7-22/h10-11,15,19,21-22,25-27,31,34H,2-9,12-14,16-18H2,1H3,(H,32,35)/t21-,25?,26?,27?,29?,30?/m1/s1. The maximum absolute atomic E-state index is 13.6. The molecule has 1 aliphatic heterocycles. The van der Waals surface area contributed by atoms with Gasteiger partial charge in [0.2, 0.25) is 0 Å². The quantitative estimate of drug-likeness (QED) is 0.552. The monoisotopic (exact) mass is 477 g/mol. The molecule has 5 aliphatic carbocycles. The van der Waals surface area contributed by atoms with Crippen molar-refractivity contribution in [3.8, 4) is 5.75 Å². The number of fused-ring (bicyclic) bond motifs is 1. The Bertz CT molecular complexity index is 1000. The van der Waals surface area contributed by atoms with Crippen molar-refractivity contribution in [3.63, 3.8) is 0 Å². The van der Waals surface area contributed by atoms with E-state index in [9.17, 15) is 9.90 Å². The van der Waals surface area contributed by atoms with E-state index in [1.807, 2.05) is 6.07 Å². The number of nitrogens with one attached hydrogen (secondary N) is 2. The first-order valence-corrected chi connectivity index (χ1v) is 14.7. The van der Waals surface area contributed by atoms with E-state index in [0.717, 1.165) is 51.1 Å². The van der Waals surface area contributed by atoms with Gasteiger partial charge in [-0.25, -0.2) is 4.79 Å².